The second kappa shape index (κ2) is 6.37. The molecule has 0 atom stereocenters. The van der Waals surface area contributed by atoms with E-state index in [1.54, 1.807) is 11.3 Å². The fourth-order valence-electron chi connectivity index (χ4n) is 2.45. The van der Waals surface area contributed by atoms with E-state index in [4.69, 9.17) is 5.73 Å². The molecular formula is C16H20N6S. The lowest BCUT2D eigenvalue weighted by Gasteiger charge is -2.21. The fraction of sp³-hybridized carbons (Fsp3) is 0.312. The van der Waals surface area contributed by atoms with Gasteiger partial charge in [-0.25, -0.2) is 15.0 Å². The van der Waals surface area contributed by atoms with E-state index in [2.05, 4.69) is 58.1 Å². The van der Waals surface area contributed by atoms with Crippen LogP contribution in [0.3, 0.4) is 0 Å². The van der Waals surface area contributed by atoms with Crippen molar-refractivity contribution in [1.29, 1.82) is 0 Å². The number of nitrogens with zero attached hydrogens (tertiary/aromatic N) is 4. The van der Waals surface area contributed by atoms with Crippen LogP contribution in [0.2, 0.25) is 0 Å². The van der Waals surface area contributed by atoms with Crippen LogP contribution in [-0.4, -0.2) is 28.0 Å². The number of nitrogen functional groups attached to an aromatic ring is 1. The normalized spacial score (nSPS) is 10.9. The Morgan fingerprint density at radius 1 is 1.22 bits per heavy atom. The van der Waals surface area contributed by atoms with Crippen LogP contribution in [0.1, 0.15) is 19.4 Å². The van der Waals surface area contributed by atoms with Gasteiger partial charge in [0.25, 0.3) is 0 Å². The Morgan fingerprint density at radius 3 is 2.74 bits per heavy atom. The first-order valence-corrected chi connectivity index (χ1v) is 8.43. The smallest absolute Gasteiger partial charge is 0.189 e. The predicted molar refractivity (Wildman–Crippen MR) is 97.6 cm³/mol. The third-order valence-corrected chi connectivity index (χ3v) is 4.63. The molecule has 0 amide bonds. The number of nitrogens with two attached hydrogens (primary N) is 1. The van der Waals surface area contributed by atoms with Crippen molar-refractivity contribution >= 4 is 44.0 Å². The Kier molecular flexibility index (Phi) is 4.29. The number of rotatable bonds is 5. The molecule has 0 radical (unpaired) electrons. The van der Waals surface area contributed by atoms with E-state index in [1.807, 2.05) is 6.07 Å². The van der Waals surface area contributed by atoms with Gasteiger partial charge in [-0.2, -0.15) is 0 Å². The molecule has 0 unspecified atom stereocenters. The van der Waals surface area contributed by atoms with Gasteiger partial charge in [0, 0.05) is 13.1 Å². The average molecular weight is 328 g/mol. The molecule has 7 heteroatoms. The van der Waals surface area contributed by atoms with Gasteiger partial charge in [0.05, 0.1) is 10.2 Å². The molecule has 0 bridgehead atoms. The average Bonchev–Trinajstić information content (AvgIpc) is 2.93. The summed E-state index contributed by atoms with van der Waals surface area (Å²) in [6, 6.07) is 6.21. The number of aromatic nitrogens is 3. The summed E-state index contributed by atoms with van der Waals surface area (Å²) >= 11 is 1.59. The number of aryl methyl sites for hydroxylation is 1. The molecule has 0 fully saturated rings. The molecule has 0 saturated carbocycles. The lowest BCUT2D eigenvalue weighted by Crippen LogP contribution is -2.24. The highest BCUT2D eigenvalue weighted by molar-refractivity contribution is 7.22. The van der Waals surface area contributed by atoms with E-state index in [1.165, 1.54) is 11.9 Å². The summed E-state index contributed by atoms with van der Waals surface area (Å²) < 4.78 is 1.14. The third-order valence-electron chi connectivity index (χ3n) is 3.70. The van der Waals surface area contributed by atoms with Gasteiger partial charge in [0.15, 0.2) is 16.8 Å². The minimum atomic E-state index is 0.548. The summed E-state index contributed by atoms with van der Waals surface area (Å²) in [6.45, 7) is 7.92. The first-order valence-electron chi connectivity index (χ1n) is 7.62. The number of anilines is 4. The van der Waals surface area contributed by atoms with Gasteiger partial charge >= 0.3 is 0 Å². The SMILES string of the molecule is CCN(CC)c1ncnc(Nc2nc3ccc(C)cc3s2)c1N. The first kappa shape index (κ1) is 15.5. The standard InChI is InChI=1S/C16H20N6S/c1-4-22(5-2)15-13(17)14(18-9-19-15)21-16-20-11-7-6-10(3)8-12(11)23-16/h6-9H,4-5,17H2,1-3H3,(H,18,19,20,21). The zero-order valence-electron chi connectivity index (χ0n) is 13.5. The van der Waals surface area contributed by atoms with Crippen molar-refractivity contribution in [1.82, 2.24) is 15.0 Å². The second-order valence-corrected chi connectivity index (χ2v) is 6.28. The van der Waals surface area contributed by atoms with Gasteiger partial charge in [-0.1, -0.05) is 17.4 Å². The van der Waals surface area contributed by atoms with Crippen molar-refractivity contribution in [3.8, 4) is 0 Å². The van der Waals surface area contributed by atoms with E-state index in [9.17, 15) is 0 Å². The molecule has 0 aliphatic rings. The van der Waals surface area contributed by atoms with E-state index >= 15 is 0 Å². The number of hydrogen-bond donors (Lipinski definition) is 2. The Hall–Kier alpha value is -2.41. The van der Waals surface area contributed by atoms with E-state index in [0.717, 1.165) is 34.3 Å². The lowest BCUT2D eigenvalue weighted by molar-refractivity contribution is 0.844. The topological polar surface area (TPSA) is 80.0 Å². The molecule has 3 N–H and O–H groups in total. The zero-order chi connectivity index (χ0) is 16.4. The summed E-state index contributed by atoms with van der Waals surface area (Å²) in [4.78, 5) is 15.3. The Balaban J connectivity index is 1.93. The summed E-state index contributed by atoms with van der Waals surface area (Å²) in [6.07, 6.45) is 1.53. The molecule has 3 aromatic rings. The fourth-order valence-corrected chi connectivity index (χ4v) is 3.41. The van der Waals surface area contributed by atoms with Crippen LogP contribution in [0.15, 0.2) is 24.5 Å². The van der Waals surface area contributed by atoms with E-state index < -0.39 is 0 Å². The summed E-state index contributed by atoms with van der Waals surface area (Å²) in [5, 5.41) is 4.01. The summed E-state index contributed by atoms with van der Waals surface area (Å²) in [5.41, 5.74) is 8.99. The molecule has 3 rings (SSSR count). The highest BCUT2D eigenvalue weighted by Gasteiger charge is 2.14. The highest BCUT2D eigenvalue weighted by atomic mass is 32.1. The van der Waals surface area contributed by atoms with Crippen molar-refractivity contribution in [3.63, 3.8) is 0 Å². The number of thiazole rings is 1. The van der Waals surface area contributed by atoms with Gasteiger partial charge in [-0.3, -0.25) is 0 Å². The molecule has 0 aliphatic carbocycles. The molecule has 23 heavy (non-hydrogen) atoms. The monoisotopic (exact) mass is 328 g/mol. The van der Waals surface area contributed by atoms with Crippen LogP contribution in [-0.2, 0) is 0 Å². The van der Waals surface area contributed by atoms with Crippen LogP contribution < -0.4 is 16.0 Å². The molecule has 6 nitrogen and oxygen atoms in total. The number of hydrogen-bond acceptors (Lipinski definition) is 7. The maximum Gasteiger partial charge on any atom is 0.189 e. The highest BCUT2D eigenvalue weighted by Crippen LogP contribution is 2.32. The first-order chi connectivity index (χ1) is 11.1. The van der Waals surface area contributed by atoms with Crippen molar-refractivity contribution in [3.05, 3.63) is 30.1 Å². The maximum atomic E-state index is 6.25. The Labute approximate surface area is 139 Å². The zero-order valence-corrected chi connectivity index (χ0v) is 14.3. The molecule has 2 heterocycles. The van der Waals surface area contributed by atoms with Gasteiger partial charge in [-0.05, 0) is 38.5 Å². The molecule has 120 valence electrons. The van der Waals surface area contributed by atoms with Crippen LogP contribution in [0.4, 0.5) is 22.5 Å². The van der Waals surface area contributed by atoms with Crippen molar-refractivity contribution in [2.24, 2.45) is 0 Å². The number of nitrogens with one attached hydrogen (secondary N) is 1. The van der Waals surface area contributed by atoms with Crippen LogP contribution >= 0.6 is 11.3 Å². The van der Waals surface area contributed by atoms with Gasteiger partial charge < -0.3 is 16.0 Å². The van der Waals surface area contributed by atoms with E-state index in [-0.39, 0.29) is 0 Å². The van der Waals surface area contributed by atoms with Gasteiger partial charge in [0.2, 0.25) is 0 Å². The quantitative estimate of drug-likeness (QED) is 0.745. The van der Waals surface area contributed by atoms with Crippen LogP contribution in [0, 0.1) is 6.92 Å². The largest absolute Gasteiger partial charge is 0.393 e. The van der Waals surface area contributed by atoms with E-state index in [0.29, 0.717) is 11.5 Å². The lowest BCUT2D eigenvalue weighted by atomic mass is 10.2. The molecular weight excluding hydrogens is 308 g/mol. The summed E-state index contributed by atoms with van der Waals surface area (Å²) in [5.74, 6) is 1.35. The molecule has 0 aliphatic heterocycles. The van der Waals surface area contributed by atoms with Crippen molar-refractivity contribution < 1.29 is 0 Å². The summed E-state index contributed by atoms with van der Waals surface area (Å²) in [7, 11) is 0. The van der Waals surface area contributed by atoms with Crippen LogP contribution in [0.5, 0.6) is 0 Å². The van der Waals surface area contributed by atoms with Crippen LogP contribution in [0.25, 0.3) is 10.2 Å². The van der Waals surface area contributed by atoms with Gasteiger partial charge in [0.1, 0.15) is 12.0 Å². The molecule has 0 spiro atoms. The Bertz CT molecular complexity index is 825. The Morgan fingerprint density at radius 2 is 2.00 bits per heavy atom. The minimum Gasteiger partial charge on any atom is -0.393 e. The molecule has 1 aromatic carbocycles. The molecule has 0 saturated heterocycles. The van der Waals surface area contributed by atoms with Crippen molar-refractivity contribution in [2.45, 2.75) is 20.8 Å². The van der Waals surface area contributed by atoms with Crippen molar-refractivity contribution in [2.75, 3.05) is 29.0 Å². The second-order valence-electron chi connectivity index (χ2n) is 5.25. The molecule has 2 aromatic heterocycles. The van der Waals surface area contributed by atoms with Gasteiger partial charge in [-0.15, -0.1) is 0 Å². The predicted octanol–water partition coefficient (Wildman–Crippen LogP) is 3.57. The number of benzene rings is 1. The number of fused-ring (bicyclic) bond motifs is 1. The minimum absolute atomic E-state index is 0.548. The third kappa shape index (κ3) is 3.05. The maximum absolute atomic E-state index is 6.25.